The first-order valence-electron chi connectivity index (χ1n) is 7.31. The van der Waals surface area contributed by atoms with Crippen LogP contribution in [0.2, 0.25) is 0 Å². The van der Waals surface area contributed by atoms with E-state index in [1.807, 2.05) is 0 Å². The smallest absolute Gasteiger partial charge is 0.356 e. The van der Waals surface area contributed by atoms with Crippen molar-refractivity contribution in [1.29, 1.82) is 0 Å². The fourth-order valence-corrected chi connectivity index (χ4v) is 3.23. The van der Waals surface area contributed by atoms with E-state index in [4.69, 9.17) is 4.74 Å². The average molecular weight is 300 g/mol. The topological polar surface area (TPSA) is 80.0 Å². The molecule has 0 unspecified atom stereocenters. The van der Waals surface area contributed by atoms with Crippen molar-refractivity contribution >= 4 is 17.3 Å². The van der Waals surface area contributed by atoms with Crippen LogP contribution in [0, 0.1) is 0 Å². The molecule has 7 heteroatoms. The Labute approximate surface area is 126 Å². The molecule has 4 heterocycles. The highest BCUT2D eigenvalue weighted by atomic mass is 16.5. The highest BCUT2D eigenvalue weighted by molar-refractivity contribution is 5.87. The molecule has 1 spiro atoms. The number of carboxylic acid groups (broad SMARTS) is 1. The zero-order chi connectivity index (χ0) is 15.2. The lowest BCUT2D eigenvalue weighted by Crippen LogP contribution is -2.44. The lowest BCUT2D eigenvalue weighted by atomic mass is 9.92. The van der Waals surface area contributed by atoms with E-state index in [1.54, 1.807) is 12.3 Å². The summed E-state index contributed by atoms with van der Waals surface area (Å²) in [6.07, 6.45) is 9.03. The molecular formula is C15H16N4O3. The van der Waals surface area contributed by atoms with E-state index in [-0.39, 0.29) is 11.3 Å². The molecule has 0 amide bonds. The third-order valence-electron chi connectivity index (χ3n) is 4.43. The van der Waals surface area contributed by atoms with Gasteiger partial charge in [0, 0.05) is 13.1 Å². The normalized spacial score (nSPS) is 20.1. The Morgan fingerprint density at radius 2 is 2.18 bits per heavy atom. The summed E-state index contributed by atoms with van der Waals surface area (Å²) in [5.74, 6) is -0.255. The van der Waals surface area contributed by atoms with Gasteiger partial charge in [-0.3, -0.25) is 0 Å². The quantitative estimate of drug-likeness (QED) is 0.843. The molecule has 0 radical (unpaired) electrons. The van der Waals surface area contributed by atoms with Crippen molar-refractivity contribution in [2.45, 2.75) is 18.4 Å². The number of anilines is 1. The molecule has 7 nitrogen and oxygen atoms in total. The molecule has 0 aliphatic carbocycles. The van der Waals surface area contributed by atoms with Crippen LogP contribution in [0.3, 0.4) is 0 Å². The Hall–Kier alpha value is -2.41. The molecule has 114 valence electrons. The predicted molar refractivity (Wildman–Crippen MR) is 79.2 cm³/mol. The van der Waals surface area contributed by atoms with Crippen molar-refractivity contribution < 1.29 is 14.6 Å². The van der Waals surface area contributed by atoms with Crippen LogP contribution in [-0.2, 0) is 4.74 Å². The van der Waals surface area contributed by atoms with E-state index < -0.39 is 5.97 Å². The van der Waals surface area contributed by atoms with Gasteiger partial charge in [-0.1, -0.05) is 12.2 Å². The van der Waals surface area contributed by atoms with Crippen molar-refractivity contribution in [2.75, 3.05) is 24.6 Å². The number of piperidine rings is 1. The van der Waals surface area contributed by atoms with E-state index >= 15 is 0 Å². The standard InChI is InChI=1S/C15H16N4O3/c20-14(21)12-10-16-13(11-2-6-17-19(11)12)18-7-4-15(5-8-18)3-1-9-22-15/h1-3,6,10H,4-5,7-9H2,(H,20,21). The molecule has 22 heavy (non-hydrogen) atoms. The van der Waals surface area contributed by atoms with E-state index in [9.17, 15) is 9.90 Å². The SMILES string of the molecule is O=C(O)c1cnc(N2CCC3(C=CCO3)CC2)c2ccnn12. The van der Waals surface area contributed by atoms with Gasteiger partial charge in [0.05, 0.1) is 24.6 Å². The summed E-state index contributed by atoms with van der Waals surface area (Å²) in [7, 11) is 0. The van der Waals surface area contributed by atoms with Gasteiger partial charge in [0.15, 0.2) is 11.5 Å². The number of hydrogen-bond donors (Lipinski definition) is 1. The first kappa shape index (κ1) is 13.3. The number of nitrogens with zero attached hydrogens (tertiary/aromatic N) is 4. The van der Waals surface area contributed by atoms with Crippen LogP contribution < -0.4 is 4.90 Å². The number of ether oxygens (including phenoxy) is 1. The number of fused-ring (bicyclic) bond motifs is 1. The van der Waals surface area contributed by atoms with Crippen LogP contribution >= 0.6 is 0 Å². The molecule has 2 aromatic heterocycles. The largest absolute Gasteiger partial charge is 0.476 e. The molecule has 0 atom stereocenters. The Morgan fingerprint density at radius 1 is 1.36 bits per heavy atom. The maximum absolute atomic E-state index is 11.2. The van der Waals surface area contributed by atoms with Crippen molar-refractivity contribution in [2.24, 2.45) is 0 Å². The lowest BCUT2D eigenvalue weighted by molar-refractivity contribution is 0.00721. The van der Waals surface area contributed by atoms with Crippen LogP contribution in [0.15, 0.2) is 30.6 Å². The summed E-state index contributed by atoms with van der Waals surface area (Å²) >= 11 is 0. The average Bonchev–Trinajstić information content (AvgIpc) is 3.17. The number of carbonyl (C=O) groups is 1. The molecule has 2 aliphatic heterocycles. The van der Waals surface area contributed by atoms with Gasteiger partial charge >= 0.3 is 5.97 Å². The van der Waals surface area contributed by atoms with Crippen LogP contribution in [0.1, 0.15) is 23.3 Å². The first-order valence-corrected chi connectivity index (χ1v) is 7.31. The number of carboxylic acids is 1. The summed E-state index contributed by atoms with van der Waals surface area (Å²) in [5, 5.41) is 13.3. The second kappa shape index (κ2) is 4.81. The van der Waals surface area contributed by atoms with Crippen molar-refractivity contribution in [3.05, 3.63) is 36.3 Å². The molecule has 1 fully saturated rings. The summed E-state index contributed by atoms with van der Waals surface area (Å²) in [4.78, 5) is 17.8. The molecule has 1 N–H and O–H groups in total. The van der Waals surface area contributed by atoms with E-state index in [2.05, 4.69) is 27.1 Å². The van der Waals surface area contributed by atoms with Crippen LogP contribution in [0.5, 0.6) is 0 Å². The highest BCUT2D eigenvalue weighted by Gasteiger charge is 2.36. The molecule has 0 aromatic carbocycles. The van der Waals surface area contributed by atoms with Crippen LogP contribution in [-0.4, -0.2) is 51.0 Å². The summed E-state index contributed by atoms with van der Waals surface area (Å²) in [6.45, 7) is 2.34. The minimum Gasteiger partial charge on any atom is -0.476 e. The molecule has 2 aromatic rings. The van der Waals surface area contributed by atoms with Gasteiger partial charge in [-0.2, -0.15) is 5.10 Å². The number of aromatic carboxylic acids is 1. The fourth-order valence-electron chi connectivity index (χ4n) is 3.23. The third-order valence-corrected chi connectivity index (χ3v) is 4.43. The zero-order valence-electron chi connectivity index (χ0n) is 12.0. The number of hydrogen-bond acceptors (Lipinski definition) is 5. The Kier molecular flexibility index (Phi) is 2.90. The minimum absolute atomic E-state index is 0.0688. The number of rotatable bonds is 2. The Bertz CT molecular complexity index is 759. The van der Waals surface area contributed by atoms with Crippen LogP contribution in [0.25, 0.3) is 5.52 Å². The van der Waals surface area contributed by atoms with Gasteiger partial charge in [0.2, 0.25) is 0 Å². The maximum atomic E-state index is 11.2. The molecule has 1 saturated heterocycles. The minimum atomic E-state index is -1.03. The second-order valence-corrected chi connectivity index (χ2v) is 5.67. The molecule has 4 rings (SSSR count). The van der Waals surface area contributed by atoms with Gasteiger partial charge in [-0.25, -0.2) is 14.3 Å². The summed E-state index contributed by atoms with van der Waals surface area (Å²) in [5.41, 5.74) is 0.673. The zero-order valence-corrected chi connectivity index (χ0v) is 12.0. The third kappa shape index (κ3) is 1.97. The van der Waals surface area contributed by atoms with Crippen LogP contribution in [0.4, 0.5) is 5.82 Å². The first-order chi connectivity index (χ1) is 10.7. The van der Waals surface area contributed by atoms with Crippen molar-refractivity contribution in [1.82, 2.24) is 14.6 Å². The maximum Gasteiger partial charge on any atom is 0.356 e. The van der Waals surface area contributed by atoms with E-state index in [0.29, 0.717) is 6.61 Å². The Balaban J connectivity index is 1.65. The van der Waals surface area contributed by atoms with E-state index in [0.717, 1.165) is 37.3 Å². The molecule has 0 bridgehead atoms. The highest BCUT2D eigenvalue weighted by Crippen LogP contribution is 2.33. The van der Waals surface area contributed by atoms with Gasteiger partial charge in [-0.15, -0.1) is 0 Å². The van der Waals surface area contributed by atoms with Gasteiger partial charge in [0.1, 0.15) is 5.52 Å². The number of aromatic nitrogens is 3. The van der Waals surface area contributed by atoms with Gasteiger partial charge in [0.25, 0.3) is 0 Å². The van der Waals surface area contributed by atoms with Gasteiger partial charge < -0.3 is 14.7 Å². The van der Waals surface area contributed by atoms with E-state index in [1.165, 1.54) is 10.7 Å². The summed E-state index contributed by atoms with van der Waals surface area (Å²) in [6, 6.07) is 1.80. The molecule has 2 aliphatic rings. The predicted octanol–water partition coefficient (Wildman–Crippen LogP) is 1.35. The van der Waals surface area contributed by atoms with Crippen molar-refractivity contribution in [3.8, 4) is 0 Å². The fraction of sp³-hybridized carbons (Fsp3) is 0.400. The Morgan fingerprint density at radius 3 is 2.86 bits per heavy atom. The molecular weight excluding hydrogens is 284 g/mol. The lowest BCUT2D eigenvalue weighted by Gasteiger charge is -2.38. The monoisotopic (exact) mass is 300 g/mol. The summed E-state index contributed by atoms with van der Waals surface area (Å²) < 4.78 is 7.27. The van der Waals surface area contributed by atoms with Gasteiger partial charge in [-0.05, 0) is 18.9 Å². The molecule has 0 saturated carbocycles. The second-order valence-electron chi connectivity index (χ2n) is 5.67. The van der Waals surface area contributed by atoms with Crippen molar-refractivity contribution in [3.63, 3.8) is 0 Å².